The van der Waals surface area contributed by atoms with Crippen LogP contribution in [0.2, 0.25) is 0 Å². The molecule has 11 heavy (non-hydrogen) atoms. The van der Waals surface area contributed by atoms with Crippen molar-refractivity contribution in [3.05, 3.63) is 28.6 Å². The quantitative estimate of drug-likeness (QED) is 0.608. The van der Waals surface area contributed by atoms with Crippen LogP contribution in [0.5, 0.6) is 5.75 Å². The molecule has 1 rings (SSSR count). The monoisotopic (exact) mass is 154 g/mol. The Morgan fingerprint density at radius 1 is 1.18 bits per heavy atom. The van der Waals surface area contributed by atoms with Crippen molar-refractivity contribution in [2.24, 2.45) is 0 Å². The van der Waals surface area contributed by atoms with E-state index in [2.05, 4.69) is 0 Å². The standard InChI is InChI=1S/C9H11FO/c1-5-4-8(10)6(2)7(3)9(5)11/h4,11H,1-3H3. The molecule has 0 fully saturated rings. The summed E-state index contributed by atoms with van der Waals surface area (Å²) < 4.78 is 12.9. The third-order valence-corrected chi connectivity index (χ3v) is 1.99. The minimum atomic E-state index is -0.252. The fourth-order valence-corrected chi connectivity index (χ4v) is 1.02. The van der Waals surface area contributed by atoms with E-state index < -0.39 is 0 Å². The largest absolute Gasteiger partial charge is 0.507 e. The molecule has 0 saturated heterocycles. The summed E-state index contributed by atoms with van der Waals surface area (Å²) in [7, 11) is 0. The van der Waals surface area contributed by atoms with Gasteiger partial charge in [0.25, 0.3) is 0 Å². The van der Waals surface area contributed by atoms with Crippen LogP contribution in [0.25, 0.3) is 0 Å². The average Bonchev–Trinajstić information content (AvgIpc) is 1.97. The first-order valence-corrected chi connectivity index (χ1v) is 3.49. The van der Waals surface area contributed by atoms with Crippen LogP contribution in [0, 0.1) is 26.6 Å². The van der Waals surface area contributed by atoms with Crippen molar-refractivity contribution in [1.29, 1.82) is 0 Å². The molecule has 0 aromatic heterocycles. The highest BCUT2D eigenvalue weighted by molar-refractivity contribution is 5.44. The molecule has 0 atom stereocenters. The van der Waals surface area contributed by atoms with Crippen molar-refractivity contribution >= 4 is 0 Å². The number of rotatable bonds is 0. The molecule has 0 aliphatic rings. The van der Waals surface area contributed by atoms with Crippen LogP contribution in [0.3, 0.4) is 0 Å². The summed E-state index contributed by atoms with van der Waals surface area (Å²) in [6.45, 7) is 5.05. The highest BCUT2D eigenvalue weighted by atomic mass is 19.1. The molecule has 60 valence electrons. The Kier molecular flexibility index (Phi) is 1.85. The zero-order valence-electron chi connectivity index (χ0n) is 6.90. The number of aromatic hydroxyl groups is 1. The summed E-state index contributed by atoms with van der Waals surface area (Å²) in [4.78, 5) is 0. The van der Waals surface area contributed by atoms with Gasteiger partial charge in [-0.25, -0.2) is 4.39 Å². The number of hydrogen-bond donors (Lipinski definition) is 1. The summed E-state index contributed by atoms with van der Waals surface area (Å²) in [6, 6.07) is 1.34. The van der Waals surface area contributed by atoms with Crippen molar-refractivity contribution in [2.75, 3.05) is 0 Å². The molecule has 0 radical (unpaired) electrons. The first-order valence-electron chi connectivity index (χ1n) is 3.49. The van der Waals surface area contributed by atoms with Crippen molar-refractivity contribution in [3.63, 3.8) is 0 Å². The van der Waals surface area contributed by atoms with E-state index in [1.807, 2.05) is 0 Å². The van der Waals surface area contributed by atoms with E-state index in [1.165, 1.54) is 6.07 Å². The van der Waals surface area contributed by atoms with Gasteiger partial charge in [-0.3, -0.25) is 0 Å². The molecule has 1 N–H and O–H groups in total. The van der Waals surface area contributed by atoms with E-state index in [0.29, 0.717) is 16.7 Å². The highest BCUT2D eigenvalue weighted by Gasteiger charge is 2.07. The van der Waals surface area contributed by atoms with Crippen LogP contribution in [-0.2, 0) is 0 Å². The van der Waals surface area contributed by atoms with E-state index in [-0.39, 0.29) is 11.6 Å². The molecular weight excluding hydrogens is 143 g/mol. The fourth-order valence-electron chi connectivity index (χ4n) is 1.02. The minimum absolute atomic E-state index is 0.198. The molecule has 0 spiro atoms. The lowest BCUT2D eigenvalue weighted by molar-refractivity contribution is 0.463. The van der Waals surface area contributed by atoms with Crippen LogP contribution >= 0.6 is 0 Å². The minimum Gasteiger partial charge on any atom is -0.507 e. The number of halogens is 1. The Morgan fingerprint density at radius 2 is 1.73 bits per heavy atom. The Hall–Kier alpha value is -1.05. The number of phenolic OH excluding ortho intramolecular Hbond substituents is 1. The molecule has 0 amide bonds. The summed E-state index contributed by atoms with van der Waals surface area (Å²) in [6.07, 6.45) is 0. The SMILES string of the molecule is Cc1cc(F)c(C)c(C)c1O. The van der Waals surface area contributed by atoms with Gasteiger partial charge in [0.2, 0.25) is 0 Å². The van der Waals surface area contributed by atoms with Gasteiger partial charge in [-0.05, 0) is 43.5 Å². The van der Waals surface area contributed by atoms with Gasteiger partial charge in [0.15, 0.2) is 0 Å². The third kappa shape index (κ3) is 1.20. The third-order valence-electron chi connectivity index (χ3n) is 1.99. The van der Waals surface area contributed by atoms with Crippen LogP contribution in [0.4, 0.5) is 4.39 Å². The van der Waals surface area contributed by atoms with Gasteiger partial charge in [0.1, 0.15) is 11.6 Å². The topological polar surface area (TPSA) is 20.2 Å². The predicted molar refractivity (Wildman–Crippen MR) is 42.3 cm³/mol. The lowest BCUT2D eigenvalue weighted by Crippen LogP contribution is -1.90. The molecule has 1 nitrogen and oxygen atoms in total. The van der Waals surface area contributed by atoms with E-state index in [1.54, 1.807) is 20.8 Å². The Labute approximate surface area is 65.5 Å². The molecule has 1 aromatic rings. The number of phenols is 1. The van der Waals surface area contributed by atoms with Crippen molar-refractivity contribution in [1.82, 2.24) is 0 Å². The van der Waals surface area contributed by atoms with Gasteiger partial charge in [0.05, 0.1) is 0 Å². The lowest BCUT2D eigenvalue weighted by Gasteiger charge is -2.06. The Bertz CT molecular complexity index is 266. The van der Waals surface area contributed by atoms with E-state index >= 15 is 0 Å². The summed E-state index contributed by atoms with van der Waals surface area (Å²) in [5.41, 5.74) is 1.74. The zero-order chi connectivity index (χ0) is 8.59. The molecule has 0 unspecified atom stereocenters. The van der Waals surface area contributed by atoms with Gasteiger partial charge in [-0.1, -0.05) is 0 Å². The van der Waals surface area contributed by atoms with Gasteiger partial charge in [-0.15, -0.1) is 0 Å². The fraction of sp³-hybridized carbons (Fsp3) is 0.333. The maximum Gasteiger partial charge on any atom is 0.126 e. The zero-order valence-corrected chi connectivity index (χ0v) is 6.90. The van der Waals surface area contributed by atoms with Crippen LogP contribution in [0.15, 0.2) is 6.07 Å². The average molecular weight is 154 g/mol. The first kappa shape index (κ1) is 8.05. The molecule has 0 aliphatic heterocycles. The second-order valence-electron chi connectivity index (χ2n) is 2.77. The molecular formula is C9H11FO. The lowest BCUT2D eigenvalue weighted by atomic mass is 10.0. The van der Waals surface area contributed by atoms with Crippen molar-refractivity contribution < 1.29 is 9.50 Å². The highest BCUT2D eigenvalue weighted by Crippen LogP contribution is 2.25. The van der Waals surface area contributed by atoms with E-state index in [9.17, 15) is 9.50 Å². The van der Waals surface area contributed by atoms with Gasteiger partial charge < -0.3 is 5.11 Å². The predicted octanol–water partition coefficient (Wildman–Crippen LogP) is 2.46. The number of aryl methyl sites for hydroxylation is 1. The summed E-state index contributed by atoms with van der Waals surface area (Å²) in [5, 5.41) is 9.34. The normalized spacial score (nSPS) is 10.2. The smallest absolute Gasteiger partial charge is 0.126 e. The van der Waals surface area contributed by atoms with Gasteiger partial charge in [-0.2, -0.15) is 0 Å². The second-order valence-corrected chi connectivity index (χ2v) is 2.77. The van der Waals surface area contributed by atoms with Crippen LogP contribution in [0.1, 0.15) is 16.7 Å². The first-order chi connectivity index (χ1) is 5.04. The van der Waals surface area contributed by atoms with E-state index in [0.717, 1.165) is 0 Å². The van der Waals surface area contributed by atoms with Crippen LogP contribution < -0.4 is 0 Å². The Balaban J connectivity index is 3.46. The van der Waals surface area contributed by atoms with Crippen molar-refractivity contribution in [2.45, 2.75) is 20.8 Å². The van der Waals surface area contributed by atoms with Crippen LogP contribution in [-0.4, -0.2) is 5.11 Å². The maximum atomic E-state index is 12.9. The molecule has 2 heteroatoms. The number of benzene rings is 1. The number of hydrogen-bond acceptors (Lipinski definition) is 1. The maximum absolute atomic E-state index is 12.9. The summed E-state index contributed by atoms with van der Waals surface area (Å²) >= 11 is 0. The molecule has 0 bridgehead atoms. The molecule has 0 aliphatic carbocycles. The molecule has 0 heterocycles. The second kappa shape index (κ2) is 2.53. The van der Waals surface area contributed by atoms with E-state index in [4.69, 9.17) is 0 Å². The molecule has 1 aromatic carbocycles. The Morgan fingerprint density at radius 3 is 2.27 bits per heavy atom. The van der Waals surface area contributed by atoms with Crippen molar-refractivity contribution in [3.8, 4) is 5.75 Å². The molecule has 0 saturated carbocycles. The summed E-state index contributed by atoms with van der Waals surface area (Å²) in [5.74, 6) is -0.0540. The van der Waals surface area contributed by atoms with Gasteiger partial charge >= 0.3 is 0 Å². The van der Waals surface area contributed by atoms with Gasteiger partial charge in [0, 0.05) is 0 Å².